The molecule has 0 saturated carbocycles. The molecule has 0 fully saturated rings. The number of aromatic nitrogens is 2. The number of hydrogen-bond acceptors (Lipinski definition) is 1. The van der Waals surface area contributed by atoms with E-state index in [0.29, 0.717) is 10.9 Å². The van der Waals surface area contributed by atoms with E-state index in [1.54, 1.807) is 0 Å². The molecule has 0 aliphatic rings. The van der Waals surface area contributed by atoms with E-state index in [1.807, 2.05) is 24.3 Å². The lowest BCUT2D eigenvalue weighted by molar-refractivity contribution is 0.972. The van der Waals surface area contributed by atoms with E-state index >= 15 is 0 Å². The molecule has 0 spiro atoms. The van der Waals surface area contributed by atoms with Gasteiger partial charge in [0.1, 0.15) is 5.82 Å². The number of nitrogens with zero attached hydrogens (tertiary/aromatic N) is 2. The molecule has 0 unspecified atom stereocenters. The summed E-state index contributed by atoms with van der Waals surface area (Å²) in [4.78, 5) is 4.57. The number of aryl methyl sites for hydroxylation is 1. The van der Waals surface area contributed by atoms with Crippen molar-refractivity contribution in [3.05, 3.63) is 57.3 Å². The summed E-state index contributed by atoms with van der Waals surface area (Å²) in [6.07, 6.45) is 0. The zero-order valence-electron chi connectivity index (χ0n) is 10.7. The van der Waals surface area contributed by atoms with E-state index in [9.17, 15) is 0 Å². The van der Waals surface area contributed by atoms with Gasteiger partial charge in [-0.2, -0.15) is 0 Å². The minimum atomic E-state index is 0.349. The predicted octanol–water partition coefficient (Wildman–Crippen LogP) is 5.49. The first-order chi connectivity index (χ1) is 9.60. The molecular formula is C15H11BrCl2N2. The molecule has 2 nitrogen and oxygen atoms in total. The fourth-order valence-electron chi connectivity index (χ4n) is 2.33. The second kappa shape index (κ2) is 5.40. The summed E-state index contributed by atoms with van der Waals surface area (Å²) < 4.78 is 3.14. The Morgan fingerprint density at radius 3 is 2.70 bits per heavy atom. The topological polar surface area (TPSA) is 17.8 Å². The Balaban J connectivity index is 2.34. The second-order valence-electron chi connectivity index (χ2n) is 4.56. The number of fused-ring (bicyclic) bond motifs is 1. The molecule has 3 aromatic rings. The summed E-state index contributed by atoms with van der Waals surface area (Å²) in [5.41, 5.74) is 4.10. The molecule has 5 heteroatoms. The van der Waals surface area contributed by atoms with E-state index in [1.165, 1.54) is 0 Å². The molecule has 0 N–H and O–H groups in total. The second-order valence-corrected chi connectivity index (χ2v) is 6.18. The van der Waals surface area contributed by atoms with Gasteiger partial charge in [-0.3, -0.25) is 4.57 Å². The van der Waals surface area contributed by atoms with Gasteiger partial charge in [0.2, 0.25) is 0 Å². The van der Waals surface area contributed by atoms with Gasteiger partial charge in [-0.25, -0.2) is 4.98 Å². The summed E-state index contributed by atoms with van der Waals surface area (Å²) in [6.45, 7) is 2.07. The molecular weight excluding hydrogens is 359 g/mol. The molecule has 3 rings (SSSR count). The molecule has 1 aromatic heterocycles. The SMILES string of the molecule is Cc1cc(Br)ccc1-n1c(CCl)nc2cc(Cl)ccc21. The molecule has 0 aliphatic carbocycles. The number of hydrogen-bond donors (Lipinski definition) is 0. The third-order valence-electron chi connectivity index (χ3n) is 3.21. The molecule has 0 bridgehead atoms. The van der Waals surface area contributed by atoms with Crippen LogP contribution in [0.2, 0.25) is 5.02 Å². The lowest BCUT2D eigenvalue weighted by Crippen LogP contribution is -2.01. The average Bonchev–Trinajstić information content (AvgIpc) is 2.76. The van der Waals surface area contributed by atoms with Crippen LogP contribution in [0.4, 0.5) is 0 Å². The van der Waals surface area contributed by atoms with Crippen LogP contribution in [0, 0.1) is 6.92 Å². The Morgan fingerprint density at radius 2 is 2.00 bits per heavy atom. The largest absolute Gasteiger partial charge is 0.295 e. The Bertz CT molecular complexity index is 796. The predicted molar refractivity (Wildman–Crippen MR) is 88.1 cm³/mol. The van der Waals surface area contributed by atoms with Gasteiger partial charge < -0.3 is 0 Å². The first-order valence-corrected chi connectivity index (χ1v) is 7.80. The maximum absolute atomic E-state index is 6.05. The van der Waals surface area contributed by atoms with Gasteiger partial charge in [0.15, 0.2) is 0 Å². The van der Waals surface area contributed by atoms with Gasteiger partial charge in [0, 0.05) is 9.50 Å². The fraction of sp³-hybridized carbons (Fsp3) is 0.133. The van der Waals surface area contributed by atoms with E-state index in [0.717, 1.165) is 32.6 Å². The number of alkyl halides is 1. The Labute approximate surface area is 135 Å². The average molecular weight is 370 g/mol. The third kappa shape index (κ3) is 2.34. The highest BCUT2D eigenvalue weighted by atomic mass is 79.9. The van der Waals surface area contributed by atoms with Gasteiger partial charge in [0.05, 0.1) is 22.6 Å². The van der Waals surface area contributed by atoms with E-state index < -0.39 is 0 Å². The van der Waals surface area contributed by atoms with Crippen molar-refractivity contribution in [2.75, 3.05) is 0 Å². The lowest BCUT2D eigenvalue weighted by atomic mass is 10.2. The molecule has 0 atom stereocenters. The van der Waals surface area contributed by atoms with Crippen LogP contribution >= 0.6 is 39.1 Å². The van der Waals surface area contributed by atoms with Gasteiger partial charge in [0.25, 0.3) is 0 Å². The summed E-state index contributed by atoms with van der Waals surface area (Å²) in [5.74, 6) is 1.16. The van der Waals surface area contributed by atoms with Crippen molar-refractivity contribution in [1.82, 2.24) is 9.55 Å². The van der Waals surface area contributed by atoms with Crippen LogP contribution in [0.5, 0.6) is 0 Å². The fourth-order valence-corrected chi connectivity index (χ4v) is 3.15. The number of rotatable bonds is 2. The molecule has 0 saturated heterocycles. The summed E-state index contributed by atoms with van der Waals surface area (Å²) in [6, 6.07) is 11.9. The summed E-state index contributed by atoms with van der Waals surface area (Å²) >= 11 is 15.6. The number of halogens is 3. The minimum Gasteiger partial charge on any atom is -0.295 e. The Kier molecular flexibility index (Phi) is 3.76. The van der Waals surface area contributed by atoms with Crippen LogP contribution < -0.4 is 0 Å². The maximum atomic E-state index is 6.05. The number of imidazole rings is 1. The van der Waals surface area contributed by atoms with Crippen LogP contribution in [0.3, 0.4) is 0 Å². The van der Waals surface area contributed by atoms with E-state index in [2.05, 4.69) is 44.5 Å². The normalized spacial score (nSPS) is 11.2. The summed E-state index contributed by atoms with van der Waals surface area (Å²) in [7, 11) is 0. The Hall–Kier alpha value is -1.03. The molecule has 0 radical (unpaired) electrons. The molecule has 0 amide bonds. The van der Waals surface area contributed by atoms with Crippen molar-refractivity contribution in [2.45, 2.75) is 12.8 Å². The van der Waals surface area contributed by atoms with Gasteiger partial charge >= 0.3 is 0 Å². The minimum absolute atomic E-state index is 0.349. The summed E-state index contributed by atoms with van der Waals surface area (Å²) in [5, 5.41) is 0.677. The zero-order chi connectivity index (χ0) is 14.3. The van der Waals surface area contributed by atoms with Gasteiger partial charge in [-0.15, -0.1) is 11.6 Å². The zero-order valence-corrected chi connectivity index (χ0v) is 13.8. The molecule has 102 valence electrons. The highest BCUT2D eigenvalue weighted by Crippen LogP contribution is 2.28. The van der Waals surface area contributed by atoms with Crippen LogP contribution in [0.15, 0.2) is 40.9 Å². The van der Waals surface area contributed by atoms with Crippen LogP contribution in [-0.4, -0.2) is 9.55 Å². The van der Waals surface area contributed by atoms with Crippen LogP contribution in [0.25, 0.3) is 16.7 Å². The van der Waals surface area contributed by atoms with Crippen LogP contribution in [0.1, 0.15) is 11.4 Å². The lowest BCUT2D eigenvalue weighted by Gasteiger charge is -2.11. The molecule has 20 heavy (non-hydrogen) atoms. The van der Waals surface area contributed by atoms with Gasteiger partial charge in [-0.1, -0.05) is 27.5 Å². The Morgan fingerprint density at radius 1 is 1.20 bits per heavy atom. The highest BCUT2D eigenvalue weighted by Gasteiger charge is 2.13. The van der Waals surface area contributed by atoms with E-state index in [-0.39, 0.29) is 0 Å². The quantitative estimate of drug-likeness (QED) is 0.546. The molecule has 0 aliphatic heterocycles. The third-order valence-corrected chi connectivity index (χ3v) is 4.17. The first kappa shape index (κ1) is 13.9. The smallest absolute Gasteiger partial charge is 0.129 e. The molecule has 1 heterocycles. The van der Waals surface area contributed by atoms with Crippen LogP contribution in [-0.2, 0) is 5.88 Å². The van der Waals surface area contributed by atoms with Gasteiger partial charge in [-0.05, 0) is 48.9 Å². The van der Waals surface area contributed by atoms with Crippen molar-refractivity contribution < 1.29 is 0 Å². The van der Waals surface area contributed by atoms with Crippen molar-refractivity contribution in [2.24, 2.45) is 0 Å². The van der Waals surface area contributed by atoms with Crippen molar-refractivity contribution in [1.29, 1.82) is 0 Å². The van der Waals surface area contributed by atoms with Crippen molar-refractivity contribution in [3.63, 3.8) is 0 Å². The molecule has 2 aromatic carbocycles. The standard InChI is InChI=1S/C15H11BrCl2N2/c1-9-6-10(16)2-4-13(9)20-14-5-3-11(18)7-12(14)19-15(20)8-17/h2-7H,8H2,1H3. The van der Waals surface area contributed by atoms with E-state index in [4.69, 9.17) is 23.2 Å². The monoisotopic (exact) mass is 368 g/mol. The first-order valence-electron chi connectivity index (χ1n) is 6.09. The highest BCUT2D eigenvalue weighted by molar-refractivity contribution is 9.10. The van der Waals surface area contributed by atoms with Crippen molar-refractivity contribution in [3.8, 4) is 5.69 Å². The number of benzene rings is 2. The van der Waals surface area contributed by atoms with Crippen molar-refractivity contribution >= 4 is 50.2 Å². The maximum Gasteiger partial charge on any atom is 0.129 e.